The van der Waals surface area contributed by atoms with E-state index in [1.54, 1.807) is 0 Å². The molecule has 1 aromatic carbocycles. The topological polar surface area (TPSA) is 34.9 Å². The van der Waals surface area contributed by atoms with Gasteiger partial charge in [-0.1, -0.05) is 25.0 Å². The number of rotatable bonds is 2. The molecule has 0 bridgehead atoms. The zero-order valence-electron chi connectivity index (χ0n) is 10.0. The van der Waals surface area contributed by atoms with Crippen LogP contribution in [0, 0.1) is 0 Å². The van der Waals surface area contributed by atoms with Gasteiger partial charge in [-0.15, -0.1) is 0 Å². The molecule has 3 heteroatoms. The molecule has 0 unspecified atom stereocenters. The lowest BCUT2D eigenvalue weighted by Crippen LogP contribution is -1.96. The number of benzene rings is 1. The second-order valence-electron chi connectivity index (χ2n) is 4.85. The molecule has 0 amide bonds. The molecule has 1 heterocycles. The lowest BCUT2D eigenvalue weighted by atomic mass is 9.99. The first-order chi connectivity index (χ1) is 8.31. The fourth-order valence-corrected chi connectivity index (χ4v) is 2.99. The summed E-state index contributed by atoms with van der Waals surface area (Å²) in [5.74, 6) is 0.584. The maximum absolute atomic E-state index is 11.1. The number of hydrogen-bond donors (Lipinski definition) is 0. The van der Waals surface area contributed by atoms with Crippen LogP contribution in [0.4, 0.5) is 0 Å². The first kappa shape index (κ1) is 10.5. The van der Waals surface area contributed by atoms with Crippen LogP contribution in [0.2, 0.25) is 0 Å². The number of nitrogens with zero attached hydrogens (tertiary/aromatic N) is 2. The van der Waals surface area contributed by atoms with Gasteiger partial charge in [-0.25, -0.2) is 0 Å². The first-order valence-electron chi connectivity index (χ1n) is 6.22. The summed E-state index contributed by atoms with van der Waals surface area (Å²) in [4.78, 5) is 11.1. The predicted octanol–water partition coefficient (Wildman–Crippen LogP) is 3.04. The molecule has 3 nitrogen and oxygen atoms in total. The van der Waals surface area contributed by atoms with E-state index in [1.807, 2.05) is 23.9 Å². The SMILES string of the molecule is Cn1nc(C2CCCC2)c2cccc(C=O)c21. The average Bonchev–Trinajstić information content (AvgIpc) is 2.97. The van der Waals surface area contributed by atoms with E-state index in [0.29, 0.717) is 5.92 Å². The van der Waals surface area contributed by atoms with E-state index in [2.05, 4.69) is 11.2 Å². The summed E-state index contributed by atoms with van der Waals surface area (Å²) in [5, 5.41) is 5.79. The van der Waals surface area contributed by atoms with Crippen molar-refractivity contribution in [2.75, 3.05) is 0 Å². The molecule has 1 aliphatic rings. The highest BCUT2D eigenvalue weighted by molar-refractivity contribution is 5.97. The van der Waals surface area contributed by atoms with Crippen LogP contribution in [0.1, 0.15) is 47.7 Å². The van der Waals surface area contributed by atoms with Gasteiger partial charge in [0.1, 0.15) is 0 Å². The highest BCUT2D eigenvalue weighted by Gasteiger charge is 2.23. The van der Waals surface area contributed by atoms with Crippen LogP contribution in [0.15, 0.2) is 18.2 Å². The van der Waals surface area contributed by atoms with Gasteiger partial charge >= 0.3 is 0 Å². The minimum Gasteiger partial charge on any atom is -0.298 e. The highest BCUT2D eigenvalue weighted by atomic mass is 16.1. The number of fused-ring (bicyclic) bond motifs is 1. The largest absolute Gasteiger partial charge is 0.298 e. The van der Waals surface area contributed by atoms with Gasteiger partial charge in [-0.3, -0.25) is 9.48 Å². The van der Waals surface area contributed by atoms with Crippen LogP contribution >= 0.6 is 0 Å². The standard InChI is InChI=1S/C14H16N2O/c1-16-14-11(9-17)7-4-8-12(14)13(15-16)10-5-2-3-6-10/h4,7-10H,2-3,5-6H2,1H3. The summed E-state index contributed by atoms with van der Waals surface area (Å²) < 4.78 is 1.85. The number of para-hydroxylation sites is 1. The Labute approximate surface area is 100 Å². The summed E-state index contributed by atoms with van der Waals surface area (Å²) in [6.07, 6.45) is 5.99. The Morgan fingerprint density at radius 3 is 2.82 bits per heavy atom. The van der Waals surface area contributed by atoms with Crippen molar-refractivity contribution >= 4 is 17.2 Å². The summed E-state index contributed by atoms with van der Waals surface area (Å²) in [6.45, 7) is 0. The van der Waals surface area contributed by atoms with Gasteiger partial charge in [0.2, 0.25) is 0 Å². The first-order valence-corrected chi connectivity index (χ1v) is 6.22. The lowest BCUT2D eigenvalue weighted by Gasteiger charge is -2.04. The number of carbonyl (C=O) groups is 1. The molecule has 1 aliphatic carbocycles. The molecule has 17 heavy (non-hydrogen) atoms. The highest BCUT2D eigenvalue weighted by Crippen LogP contribution is 2.37. The Hall–Kier alpha value is -1.64. The molecule has 1 fully saturated rings. The Morgan fingerprint density at radius 2 is 2.12 bits per heavy atom. The predicted molar refractivity (Wildman–Crippen MR) is 67.3 cm³/mol. The third-order valence-electron chi connectivity index (χ3n) is 3.79. The molecular formula is C14H16N2O. The van der Waals surface area contributed by atoms with Crippen molar-refractivity contribution in [1.29, 1.82) is 0 Å². The van der Waals surface area contributed by atoms with Crippen molar-refractivity contribution in [2.24, 2.45) is 7.05 Å². The van der Waals surface area contributed by atoms with Crippen LogP contribution in [-0.4, -0.2) is 16.1 Å². The Bertz CT molecular complexity index is 565. The summed E-state index contributed by atoms with van der Waals surface area (Å²) in [6, 6.07) is 5.89. The van der Waals surface area contributed by atoms with E-state index in [9.17, 15) is 4.79 Å². The molecule has 1 saturated carbocycles. The van der Waals surface area contributed by atoms with Crippen molar-refractivity contribution in [2.45, 2.75) is 31.6 Å². The monoisotopic (exact) mass is 228 g/mol. The van der Waals surface area contributed by atoms with E-state index in [4.69, 9.17) is 0 Å². The summed E-state index contributed by atoms with van der Waals surface area (Å²) in [7, 11) is 1.92. The van der Waals surface area contributed by atoms with Crippen LogP contribution in [0.25, 0.3) is 10.9 Å². The quantitative estimate of drug-likeness (QED) is 0.740. The Balaban J connectivity index is 2.23. The molecule has 0 atom stereocenters. The van der Waals surface area contributed by atoms with Crippen LogP contribution in [-0.2, 0) is 7.05 Å². The number of aromatic nitrogens is 2. The zero-order chi connectivity index (χ0) is 11.8. The third-order valence-corrected chi connectivity index (χ3v) is 3.79. The minimum absolute atomic E-state index is 0.584. The second kappa shape index (κ2) is 3.99. The van der Waals surface area contributed by atoms with Crippen molar-refractivity contribution in [3.8, 4) is 0 Å². The average molecular weight is 228 g/mol. The van der Waals surface area contributed by atoms with Gasteiger partial charge < -0.3 is 0 Å². The molecule has 0 N–H and O–H groups in total. The van der Waals surface area contributed by atoms with Crippen molar-refractivity contribution in [1.82, 2.24) is 9.78 Å². The maximum Gasteiger partial charge on any atom is 0.152 e. The zero-order valence-corrected chi connectivity index (χ0v) is 10.0. The lowest BCUT2D eigenvalue weighted by molar-refractivity contribution is 0.112. The maximum atomic E-state index is 11.1. The molecular weight excluding hydrogens is 212 g/mol. The molecule has 0 aliphatic heterocycles. The molecule has 3 rings (SSSR count). The van der Waals surface area contributed by atoms with Gasteiger partial charge in [0.15, 0.2) is 6.29 Å². The van der Waals surface area contributed by atoms with E-state index in [0.717, 1.165) is 22.8 Å². The number of aryl methyl sites for hydroxylation is 1. The molecule has 0 radical (unpaired) electrons. The minimum atomic E-state index is 0.584. The second-order valence-corrected chi connectivity index (χ2v) is 4.85. The van der Waals surface area contributed by atoms with Gasteiger partial charge in [-0.2, -0.15) is 5.10 Å². The normalized spacial score (nSPS) is 16.8. The smallest absolute Gasteiger partial charge is 0.152 e. The van der Waals surface area contributed by atoms with Crippen molar-refractivity contribution in [3.63, 3.8) is 0 Å². The van der Waals surface area contributed by atoms with Crippen molar-refractivity contribution in [3.05, 3.63) is 29.5 Å². The van der Waals surface area contributed by atoms with Crippen LogP contribution < -0.4 is 0 Å². The van der Waals surface area contributed by atoms with E-state index in [1.165, 1.54) is 31.4 Å². The molecule has 88 valence electrons. The van der Waals surface area contributed by atoms with Crippen LogP contribution in [0.3, 0.4) is 0 Å². The molecule has 2 aromatic rings. The molecule has 0 spiro atoms. The summed E-state index contributed by atoms with van der Waals surface area (Å²) in [5.41, 5.74) is 2.90. The van der Waals surface area contributed by atoms with E-state index < -0.39 is 0 Å². The number of aldehydes is 1. The Morgan fingerprint density at radius 1 is 1.35 bits per heavy atom. The van der Waals surface area contributed by atoms with Gasteiger partial charge in [0.05, 0.1) is 11.2 Å². The van der Waals surface area contributed by atoms with Gasteiger partial charge in [0, 0.05) is 23.9 Å². The fourth-order valence-electron chi connectivity index (χ4n) is 2.99. The Kier molecular flexibility index (Phi) is 2.46. The molecule has 1 aromatic heterocycles. The van der Waals surface area contributed by atoms with Crippen molar-refractivity contribution < 1.29 is 4.79 Å². The third kappa shape index (κ3) is 1.57. The molecule has 0 saturated heterocycles. The fraction of sp³-hybridized carbons (Fsp3) is 0.429. The number of hydrogen-bond acceptors (Lipinski definition) is 2. The van der Waals surface area contributed by atoms with E-state index in [-0.39, 0.29) is 0 Å². The van der Waals surface area contributed by atoms with Crippen LogP contribution in [0.5, 0.6) is 0 Å². The van der Waals surface area contributed by atoms with E-state index >= 15 is 0 Å². The summed E-state index contributed by atoms with van der Waals surface area (Å²) >= 11 is 0. The van der Waals surface area contributed by atoms with Gasteiger partial charge in [-0.05, 0) is 18.9 Å². The van der Waals surface area contributed by atoms with Gasteiger partial charge in [0.25, 0.3) is 0 Å². The number of carbonyl (C=O) groups excluding carboxylic acids is 1.